The van der Waals surface area contributed by atoms with Gasteiger partial charge in [0.15, 0.2) is 0 Å². The number of hydrogen-bond acceptors (Lipinski definition) is 6. The maximum absolute atomic E-state index is 10.5. The van der Waals surface area contributed by atoms with E-state index in [1.54, 1.807) is 12.1 Å². The maximum Gasteiger partial charge on any atom is 0.124 e. The fraction of sp³-hybridized carbons (Fsp3) is 0.500. The van der Waals surface area contributed by atoms with E-state index in [0.717, 1.165) is 35.5 Å². The van der Waals surface area contributed by atoms with Gasteiger partial charge in [-0.3, -0.25) is 0 Å². The molecule has 0 unspecified atom stereocenters. The summed E-state index contributed by atoms with van der Waals surface area (Å²) in [6, 6.07) is 13.4. The van der Waals surface area contributed by atoms with Crippen molar-refractivity contribution < 1.29 is 29.5 Å². The average molecular weight is 447 g/mol. The van der Waals surface area contributed by atoms with Crippen LogP contribution in [0.4, 0.5) is 0 Å². The molecule has 2 saturated heterocycles. The standard InChI is InChI=1S/C24H27ClO6/c25-19-6-3-15(22-20(26)21(27)23(28)24(31-22)8-9-24)12-16(19)11-14-1-4-17(5-2-14)30-18-7-10-29-13-18/h1-6,12,18,20-23,26-28H,7-11,13H2/t18-,20+,21+,22-,23-/m0/s1. The van der Waals surface area contributed by atoms with Crippen molar-refractivity contribution in [3.8, 4) is 5.75 Å². The summed E-state index contributed by atoms with van der Waals surface area (Å²) in [6.07, 6.45) is -1.23. The summed E-state index contributed by atoms with van der Waals surface area (Å²) in [5.74, 6) is 0.820. The predicted molar refractivity (Wildman–Crippen MR) is 114 cm³/mol. The van der Waals surface area contributed by atoms with Crippen molar-refractivity contribution >= 4 is 11.6 Å². The van der Waals surface area contributed by atoms with E-state index < -0.39 is 30.0 Å². The highest BCUT2D eigenvalue weighted by molar-refractivity contribution is 6.31. The molecule has 1 spiro atoms. The molecule has 1 aliphatic carbocycles. The largest absolute Gasteiger partial charge is 0.488 e. The number of ether oxygens (including phenoxy) is 3. The Kier molecular flexibility index (Phi) is 5.71. The molecule has 0 amide bonds. The number of benzene rings is 2. The third-order valence-corrected chi connectivity index (χ3v) is 6.90. The first-order valence-corrected chi connectivity index (χ1v) is 11.2. The molecule has 3 aliphatic rings. The van der Waals surface area contributed by atoms with E-state index in [9.17, 15) is 15.3 Å². The number of rotatable bonds is 5. The van der Waals surface area contributed by atoms with Crippen molar-refractivity contribution in [1.29, 1.82) is 0 Å². The molecule has 2 heterocycles. The summed E-state index contributed by atoms with van der Waals surface area (Å²) in [5.41, 5.74) is 1.97. The van der Waals surface area contributed by atoms with Gasteiger partial charge in [0.1, 0.15) is 36.3 Å². The molecular formula is C24H27ClO6. The summed E-state index contributed by atoms with van der Waals surface area (Å²) in [5, 5.41) is 31.7. The molecule has 2 aromatic carbocycles. The number of hydrogen-bond donors (Lipinski definition) is 3. The van der Waals surface area contributed by atoms with Crippen LogP contribution in [-0.4, -0.2) is 58.6 Å². The van der Waals surface area contributed by atoms with E-state index in [4.69, 9.17) is 25.8 Å². The molecule has 0 aromatic heterocycles. The Morgan fingerprint density at radius 2 is 1.81 bits per heavy atom. The minimum absolute atomic E-state index is 0.113. The molecule has 2 aromatic rings. The molecule has 5 atom stereocenters. The number of aliphatic hydroxyl groups is 3. The van der Waals surface area contributed by atoms with Crippen LogP contribution in [0.1, 0.15) is 42.1 Å². The van der Waals surface area contributed by atoms with Crippen LogP contribution in [0, 0.1) is 0 Å². The van der Waals surface area contributed by atoms with Gasteiger partial charge in [-0.25, -0.2) is 0 Å². The minimum Gasteiger partial charge on any atom is -0.488 e. The third-order valence-electron chi connectivity index (χ3n) is 6.53. The Morgan fingerprint density at radius 3 is 2.48 bits per heavy atom. The highest BCUT2D eigenvalue weighted by Crippen LogP contribution is 2.51. The zero-order valence-corrected chi connectivity index (χ0v) is 17.9. The van der Waals surface area contributed by atoms with E-state index in [-0.39, 0.29) is 6.10 Å². The predicted octanol–water partition coefficient (Wildman–Crippen LogP) is 2.79. The van der Waals surface area contributed by atoms with Crippen LogP contribution in [0.2, 0.25) is 5.02 Å². The number of aliphatic hydroxyl groups excluding tert-OH is 3. The van der Waals surface area contributed by atoms with E-state index in [2.05, 4.69) is 0 Å². The number of halogens is 1. The van der Waals surface area contributed by atoms with Crippen LogP contribution < -0.4 is 4.74 Å². The highest BCUT2D eigenvalue weighted by atomic mass is 35.5. The normalized spacial score (nSPS) is 31.7. The molecule has 3 fully saturated rings. The van der Waals surface area contributed by atoms with Gasteiger partial charge >= 0.3 is 0 Å². The lowest BCUT2D eigenvalue weighted by Gasteiger charge is -2.41. The summed E-state index contributed by atoms with van der Waals surface area (Å²) in [4.78, 5) is 0. The fourth-order valence-electron chi connectivity index (χ4n) is 4.48. The monoisotopic (exact) mass is 446 g/mol. The second-order valence-electron chi connectivity index (χ2n) is 8.80. The highest BCUT2D eigenvalue weighted by Gasteiger charge is 2.60. The van der Waals surface area contributed by atoms with Crippen LogP contribution in [-0.2, 0) is 15.9 Å². The van der Waals surface area contributed by atoms with E-state index in [1.807, 2.05) is 30.3 Å². The van der Waals surface area contributed by atoms with Gasteiger partial charge in [0.25, 0.3) is 0 Å². The second kappa shape index (κ2) is 8.35. The molecule has 5 rings (SSSR count). The summed E-state index contributed by atoms with van der Waals surface area (Å²) in [7, 11) is 0. The Labute approximate surface area is 186 Å². The van der Waals surface area contributed by atoms with Crippen LogP contribution in [0.15, 0.2) is 42.5 Å². The Balaban J connectivity index is 1.32. The van der Waals surface area contributed by atoms with Gasteiger partial charge in [-0.05, 0) is 54.2 Å². The average Bonchev–Trinajstić information content (AvgIpc) is 3.37. The molecule has 2 aliphatic heterocycles. The molecule has 6 nitrogen and oxygen atoms in total. The van der Waals surface area contributed by atoms with Gasteiger partial charge in [-0.15, -0.1) is 0 Å². The lowest BCUT2D eigenvalue weighted by atomic mass is 9.89. The molecule has 166 valence electrons. The molecule has 0 radical (unpaired) electrons. The Bertz CT molecular complexity index is 922. The van der Waals surface area contributed by atoms with Gasteiger partial charge in [-0.1, -0.05) is 35.9 Å². The van der Waals surface area contributed by atoms with Gasteiger partial charge in [0, 0.05) is 11.4 Å². The molecule has 31 heavy (non-hydrogen) atoms. The third kappa shape index (κ3) is 4.21. The summed E-state index contributed by atoms with van der Waals surface area (Å²) < 4.78 is 17.3. The first-order valence-electron chi connectivity index (χ1n) is 10.8. The van der Waals surface area contributed by atoms with Gasteiger partial charge < -0.3 is 29.5 Å². The summed E-state index contributed by atoms with van der Waals surface area (Å²) in [6.45, 7) is 1.38. The topological polar surface area (TPSA) is 88.4 Å². The van der Waals surface area contributed by atoms with E-state index in [1.165, 1.54) is 0 Å². The molecular weight excluding hydrogens is 420 g/mol. The lowest BCUT2D eigenvalue weighted by molar-refractivity contribution is -0.236. The van der Waals surface area contributed by atoms with Crippen LogP contribution >= 0.6 is 11.6 Å². The van der Waals surface area contributed by atoms with Gasteiger partial charge in [0.2, 0.25) is 0 Å². The Morgan fingerprint density at radius 1 is 1.03 bits per heavy atom. The molecule has 7 heteroatoms. The van der Waals surface area contributed by atoms with Crippen molar-refractivity contribution in [2.45, 2.75) is 61.8 Å². The quantitative estimate of drug-likeness (QED) is 0.654. The van der Waals surface area contributed by atoms with Crippen LogP contribution in [0.3, 0.4) is 0 Å². The van der Waals surface area contributed by atoms with Crippen LogP contribution in [0.5, 0.6) is 5.75 Å². The SMILES string of the molecule is O[C@@H]1[C@@H](O)[C@H](O)C2(CC2)O[C@H]1c1ccc(Cl)c(Cc2ccc(O[C@H]3CCOC3)cc2)c1. The van der Waals surface area contributed by atoms with Gasteiger partial charge in [-0.2, -0.15) is 0 Å². The summed E-state index contributed by atoms with van der Waals surface area (Å²) >= 11 is 6.46. The second-order valence-corrected chi connectivity index (χ2v) is 9.21. The molecule has 1 saturated carbocycles. The van der Waals surface area contributed by atoms with Crippen molar-refractivity contribution in [1.82, 2.24) is 0 Å². The first kappa shape index (κ1) is 21.2. The first-order chi connectivity index (χ1) is 14.9. The van der Waals surface area contributed by atoms with Crippen LogP contribution in [0.25, 0.3) is 0 Å². The molecule has 0 bridgehead atoms. The van der Waals surface area contributed by atoms with Crippen molar-refractivity contribution in [3.63, 3.8) is 0 Å². The Hall–Kier alpha value is -1.67. The smallest absolute Gasteiger partial charge is 0.124 e. The zero-order chi connectivity index (χ0) is 21.6. The zero-order valence-electron chi connectivity index (χ0n) is 17.1. The molecule has 3 N–H and O–H groups in total. The van der Waals surface area contributed by atoms with E-state index >= 15 is 0 Å². The van der Waals surface area contributed by atoms with Crippen molar-refractivity contribution in [2.75, 3.05) is 13.2 Å². The lowest BCUT2D eigenvalue weighted by Crippen LogP contribution is -2.55. The van der Waals surface area contributed by atoms with Gasteiger partial charge in [0.05, 0.1) is 18.8 Å². The maximum atomic E-state index is 10.5. The van der Waals surface area contributed by atoms with Crippen molar-refractivity contribution in [3.05, 3.63) is 64.2 Å². The minimum atomic E-state index is -1.24. The van der Waals surface area contributed by atoms with Crippen molar-refractivity contribution in [2.24, 2.45) is 0 Å². The fourth-order valence-corrected chi connectivity index (χ4v) is 4.67. The van der Waals surface area contributed by atoms with E-state index in [0.29, 0.717) is 30.9 Å².